The lowest BCUT2D eigenvalue weighted by molar-refractivity contribution is -0.128. The van der Waals surface area contributed by atoms with Gasteiger partial charge in [0.25, 0.3) is 0 Å². The number of hydrogen-bond acceptors (Lipinski definition) is 3. The second kappa shape index (κ2) is 10.4. The number of ether oxygens (including phenoxy) is 1. The Morgan fingerprint density at radius 3 is 2.25 bits per heavy atom. The SMILES string of the molecule is CCCO[C@@H]1C[C@@H](C(=O)NCC(c2ccccc2)c2ccccc2)CC[C@H]1N. The molecule has 3 atom stereocenters. The molecular weight excluding hydrogens is 348 g/mol. The number of amides is 1. The summed E-state index contributed by atoms with van der Waals surface area (Å²) in [6, 6.07) is 20.8. The minimum atomic E-state index is -0.0196. The highest BCUT2D eigenvalue weighted by Gasteiger charge is 2.32. The first-order valence-electron chi connectivity index (χ1n) is 10.4. The molecule has 0 radical (unpaired) electrons. The lowest BCUT2D eigenvalue weighted by Crippen LogP contribution is -2.46. The van der Waals surface area contributed by atoms with Gasteiger partial charge in [-0.25, -0.2) is 0 Å². The van der Waals surface area contributed by atoms with Crippen LogP contribution in [0.15, 0.2) is 60.7 Å². The number of hydrogen-bond donors (Lipinski definition) is 2. The van der Waals surface area contributed by atoms with Crippen LogP contribution in [-0.2, 0) is 9.53 Å². The van der Waals surface area contributed by atoms with E-state index in [1.807, 2.05) is 36.4 Å². The Labute approximate surface area is 168 Å². The molecule has 4 heteroatoms. The summed E-state index contributed by atoms with van der Waals surface area (Å²) in [7, 11) is 0. The van der Waals surface area contributed by atoms with Crippen LogP contribution >= 0.6 is 0 Å². The third kappa shape index (κ3) is 5.43. The van der Waals surface area contributed by atoms with Gasteiger partial charge in [0.1, 0.15) is 0 Å². The first kappa shape index (κ1) is 20.6. The maximum Gasteiger partial charge on any atom is 0.223 e. The highest BCUT2D eigenvalue weighted by molar-refractivity contribution is 5.79. The van der Waals surface area contributed by atoms with Gasteiger partial charge in [0.2, 0.25) is 5.91 Å². The van der Waals surface area contributed by atoms with Gasteiger partial charge in [-0.3, -0.25) is 4.79 Å². The van der Waals surface area contributed by atoms with Gasteiger partial charge in [-0.05, 0) is 36.8 Å². The predicted molar refractivity (Wildman–Crippen MR) is 113 cm³/mol. The quantitative estimate of drug-likeness (QED) is 0.731. The minimum Gasteiger partial charge on any atom is -0.377 e. The Morgan fingerprint density at radius 1 is 1.07 bits per heavy atom. The molecule has 28 heavy (non-hydrogen) atoms. The van der Waals surface area contributed by atoms with Crippen LogP contribution in [0.25, 0.3) is 0 Å². The first-order chi connectivity index (χ1) is 13.7. The molecule has 2 aromatic rings. The zero-order valence-electron chi connectivity index (χ0n) is 16.7. The normalized spacial score (nSPS) is 22.2. The molecule has 3 N–H and O–H groups in total. The number of carbonyl (C=O) groups excluding carboxylic acids is 1. The smallest absolute Gasteiger partial charge is 0.223 e. The fourth-order valence-corrected chi connectivity index (χ4v) is 4.00. The van der Waals surface area contributed by atoms with Crippen molar-refractivity contribution < 1.29 is 9.53 Å². The predicted octanol–water partition coefficient (Wildman–Crippen LogP) is 3.86. The Balaban J connectivity index is 1.64. The molecule has 1 amide bonds. The number of nitrogens with one attached hydrogen (secondary N) is 1. The number of benzene rings is 2. The van der Waals surface area contributed by atoms with Gasteiger partial charge in [0.15, 0.2) is 0 Å². The van der Waals surface area contributed by atoms with E-state index in [1.54, 1.807) is 0 Å². The summed E-state index contributed by atoms with van der Waals surface area (Å²) in [5.74, 6) is 0.243. The molecule has 1 saturated carbocycles. The third-order valence-corrected chi connectivity index (χ3v) is 5.63. The van der Waals surface area contributed by atoms with Crippen molar-refractivity contribution in [2.24, 2.45) is 11.7 Å². The molecule has 0 bridgehead atoms. The summed E-state index contributed by atoms with van der Waals surface area (Å²) in [5, 5.41) is 3.21. The van der Waals surface area contributed by atoms with Crippen LogP contribution < -0.4 is 11.1 Å². The zero-order valence-corrected chi connectivity index (χ0v) is 16.7. The van der Waals surface area contributed by atoms with E-state index in [0.717, 1.165) is 19.3 Å². The van der Waals surface area contributed by atoms with E-state index in [2.05, 4.69) is 36.5 Å². The van der Waals surface area contributed by atoms with Crippen LogP contribution in [0.3, 0.4) is 0 Å². The van der Waals surface area contributed by atoms with Crippen LogP contribution in [0.5, 0.6) is 0 Å². The van der Waals surface area contributed by atoms with Crippen molar-refractivity contribution in [3.8, 4) is 0 Å². The highest BCUT2D eigenvalue weighted by Crippen LogP contribution is 2.27. The van der Waals surface area contributed by atoms with Crippen molar-refractivity contribution in [3.05, 3.63) is 71.8 Å². The van der Waals surface area contributed by atoms with Crippen molar-refractivity contribution in [2.45, 2.75) is 50.7 Å². The zero-order chi connectivity index (χ0) is 19.8. The van der Waals surface area contributed by atoms with Crippen LogP contribution in [0.4, 0.5) is 0 Å². The molecule has 0 aromatic heterocycles. The Hall–Kier alpha value is -2.17. The highest BCUT2D eigenvalue weighted by atomic mass is 16.5. The van der Waals surface area contributed by atoms with Crippen molar-refractivity contribution >= 4 is 5.91 Å². The molecule has 3 rings (SSSR count). The van der Waals surface area contributed by atoms with E-state index < -0.39 is 0 Å². The van der Waals surface area contributed by atoms with Crippen LogP contribution in [0.1, 0.15) is 49.7 Å². The molecule has 2 aromatic carbocycles. The minimum absolute atomic E-state index is 0.0107. The van der Waals surface area contributed by atoms with Gasteiger partial charge in [0.05, 0.1) is 6.10 Å². The lowest BCUT2D eigenvalue weighted by Gasteiger charge is -2.33. The number of nitrogens with two attached hydrogens (primary N) is 1. The van der Waals surface area contributed by atoms with Gasteiger partial charge in [0, 0.05) is 31.0 Å². The van der Waals surface area contributed by atoms with Gasteiger partial charge in [-0.1, -0.05) is 67.6 Å². The summed E-state index contributed by atoms with van der Waals surface area (Å²) < 4.78 is 5.88. The van der Waals surface area contributed by atoms with Crippen molar-refractivity contribution in [3.63, 3.8) is 0 Å². The van der Waals surface area contributed by atoms with E-state index in [4.69, 9.17) is 10.5 Å². The monoisotopic (exact) mass is 380 g/mol. The number of carbonyl (C=O) groups is 1. The fourth-order valence-electron chi connectivity index (χ4n) is 4.00. The number of rotatable bonds is 8. The van der Waals surface area contributed by atoms with Crippen molar-refractivity contribution in [1.29, 1.82) is 0 Å². The van der Waals surface area contributed by atoms with Gasteiger partial charge in [-0.15, -0.1) is 0 Å². The molecular formula is C24H32N2O2. The third-order valence-electron chi connectivity index (χ3n) is 5.63. The molecule has 1 aliphatic rings. The maximum atomic E-state index is 12.9. The van der Waals surface area contributed by atoms with Gasteiger partial charge >= 0.3 is 0 Å². The summed E-state index contributed by atoms with van der Waals surface area (Å²) in [6.07, 6.45) is 3.35. The molecule has 0 unspecified atom stereocenters. The van der Waals surface area contributed by atoms with Crippen molar-refractivity contribution in [1.82, 2.24) is 5.32 Å². The fraction of sp³-hybridized carbons (Fsp3) is 0.458. The Morgan fingerprint density at radius 2 is 1.68 bits per heavy atom. The second-order valence-electron chi connectivity index (χ2n) is 7.70. The van der Waals surface area contributed by atoms with Crippen LogP contribution in [-0.4, -0.2) is 31.2 Å². The second-order valence-corrected chi connectivity index (χ2v) is 7.70. The molecule has 150 valence electrons. The average Bonchev–Trinajstić information content (AvgIpc) is 2.74. The summed E-state index contributed by atoms with van der Waals surface area (Å²) in [4.78, 5) is 12.9. The Bertz CT molecular complexity index is 680. The molecule has 1 fully saturated rings. The topological polar surface area (TPSA) is 64.3 Å². The molecule has 0 aliphatic heterocycles. The summed E-state index contributed by atoms with van der Waals surface area (Å²) in [6.45, 7) is 3.39. The van der Waals surface area contributed by atoms with Crippen LogP contribution in [0, 0.1) is 5.92 Å². The molecule has 0 heterocycles. The Kier molecular flexibility index (Phi) is 7.63. The van der Waals surface area contributed by atoms with E-state index in [1.165, 1.54) is 11.1 Å². The van der Waals surface area contributed by atoms with Crippen LogP contribution in [0.2, 0.25) is 0 Å². The largest absolute Gasteiger partial charge is 0.377 e. The van der Waals surface area contributed by atoms with E-state index >= 15 is 0 Å². The van der Waals surface area contributed by atoms with Crippen molar-refractivity contribution in [2.75, 3.05) is 13.2 Å². The molecule has 1 aliphatic carbocycles. The first-order valence-corrected chi connectivity index (χ1v) is 10.4. The lowest BCUT2D eigenvalue weighted by atomic mass is 9.83. The molecule has 0 saturated heterocycles. The molecule has 0 spiro atoms. The maximum absolute atomic E-state index is 12.9. The van der Waals surface area contributed by atoms with E-state index in [-0.39, 0.29) is 29.9 Å². The summed E-state index contributed by atoms with van der Waals surface area (Å²) >= 11 is 0. The van der Waals surface area contributed by atoms with Gasteiger partial charge < -0.3 is 15.8 Å². The molecule has 4 nitrogen and oxygen atoms in total. The van der Waals surface area contributed by atoms with E-state index in [9.17, 15) is 4.79 Å². The van der Waals surface area contributed by atoms with Gasteiger partial charge in [-0.2, -0.15) is 0 Å². The standard InChI is InChI=1S/C24H32N2O2/c1-2-15-28-23-16-20(13-14-22(23)25)24(27)26-17-21(18-9-5-3-6-10-18)19-11-7-4-8-12-19/h3-12,20-23H,2,13-17,25H2,1H3,(H,26,27)/t20-,22+,23+/m0/s1. The van der Waals surface area contributed by atoms with E-state index in [0.29, 0.717) is 19.6 Å². The summed E-state index contributed by atoms with van der Waals surface area (Å²) in [5.41, 5.74) is 8.62. The average molecular weight is 381 g/mol.